The van der Waals surface area contributed by atoms with E-state index in [9.17, 15) is 57.8 Å². The quantitative estimate of drug-likeness (QED) is 0.0170. The summed E-state index contributed by atoms with van der Waals surface area (Å²) in [7, 11) is 0. The number of amides is 11. The van der Waals surface area contributed by atoms with Crippen molar-refractivity contribution in [2.45, 2.75) is 145 Å². The Kier molecular flexibility index (Phi) is 29.1. The molecule has 0 bridgehead atoms. The molecule has 0 aliphatic carbocycles. The van der Waals surface area contributed by atoms with Gasteiger partial charge in [0, 0.05) is 32.4 Å². The molecule has 1 fully saturated rings. The first-order valence-corrected chi connectivity index (χ1v) is 26.8. The molecule has 2 aromatic carbocycles. The number of hydrogen-bond donors (Lipinski definition) is 16. The smallest absolute Gasteiger partial charge is 0.245 e. The van der Waals surface area contributed by atoms with Crippen LogP contribution in [0.2, 0.25) is 0 Å². The molecule has 1 aliphatic heterocycles. The van der Waals surface area contributed by atoms with Crippen LogP contribution in [0.5, 0.6) is 5.75 Å². The second-order valence-corrected chi connectivity index (χ2v) is 19.6. The van der Waals surface area contributed by atoms with Gasteiger partial charge >= 0.3 is 0 Å². The van der Waals surface area contributed by atoms with Crippen molar-refractivity contribution in [1.29, 1.82) is 0 Å². The highest BCUT2D eigenvalue weighted by molar-refractivity contribution is 5.99. The molecule has 81 heavy (non-hydrogen) atoms. The summed E-state index contributed by atoms with van der Waals surface area (Å²) in [6.45, 7) is 0.224. The fourth-order valence-corrected chi connectivity index (χ4v) is 8.70. The van der Waals surface area contributed by atoms with Crippen LogP contribution in [0.3, 0.4) is 0 Å². The number of phenolic OH excluding ortho intramolecular Hbond substituents is 1. The highest BCUT2D eigenvalue weighted by atomic mass is 16.3. The SMILES string of the molecule is NCCCC[C@H](NC(=O)[C@H](CC(N)=O)NC(=O)[C@H](CCC(N)=O)NC(=O)[C@H](Cc1ccccc1)NC(=O)[C@H](Cc1ccc(O)cc1)NC(=O)[C@@H](N)CCCCN)C(=O)N1CCC[C@H]1C(=O)N[C@@H](CCCN=C(N)N)C(=O)NCC(N)=O. The third-order valence-electron chi connectivity index (χ3n) is 13.0. The van der Waals surface area contributed by atoms with Gasteiger partial charge in [0.25, 0.3) is 0 Å². The molecule has 0 saturated carbocycles. The molecule has 11 amide bonds. The zero-order valence-corrected chi connectivity index (χ0v) is 45.4. The number of rotatable bonds is 37. The van der Waals surface area contributed by atoms with Crippen LogP contribution in [0.25, 0.3) is 0 Å². The molecule has 2 aromatic rings. The van der Waals surface area contributed by atoms with Gasteiger partial charge in [0.2, 0.25) is 65.0 Å². The van der Waals surface area contributed by atoms with E-state index in [-0.39, 0.29) is 82.7 Å². The third kappa shape index (κ3) is 24.6. The van der Waals surface area contributed by atoms with Crippen LogP contribution < -0.4 is 83.1 Å². The maximum absolute atomic E-state index is 14.5. The van der Waals surface area contributed by atoms with Crippen LogP contribution in [-0.4, -0.2) is 162 Å². The Morgan fingerprint density at radius 2 is 1.07 bits per heavy atom. The summed E-state index contributed by atoms with van der Waals surface area (Å²) >= 11 is 0. The predicted octanol–water partition coefficient (Wildman–Crippen LogP) is -5.54. The molecule has 24 N–H and O–H groups in total. The van der Waals surface area contributed by atoms with Gasteiger partial charge < -0.3 is 93.1 Å². The minimum atomic E-state index is -1.80. The number of unbranched alkanes of at least 4 members (excludes halogenated alkanes) is 2. The van der Waals surface area contributed by atoms with Gasteiger partial charge in [-0.2, -0.15) is 0 Å². The second kappa shape index (κ2) is 35.2. The molecule has 29 heteroatoms. The number of phenols is 1. The summed E-state index contributed by atoms with van der Waals surface area (Å²) < 4.78 is 0. The summed E-state index contributed by atoms with van der Waals surface area (Å²) in [5, 5.41) is 27.7. The van der Waals surface area contributed by atoms with E-state index in [1.54, 1.807) is 30.3 Å². The normalized spacial score (nSPS) is 15.4. The Labute approximate surface area is 469 Å². The van der Waals surface area contributed by atoms with Crippen molar-refractivity contribution in [2.24, 2.45) is 50.9 Å². The van der Waals surface area contributed by atoms with E-state index >= 15 is 0 Å². The van der Waals surface area contributed by atoms with Gasteiger partial charge in [-0.05, 0) is 101 Å². The van der Waals surface area contributed by atoms with E-state index in [2.05, 4.69) is 42.2 Å². The molecule has 8 atom stereocenters. The van der Waals surface area contributed by atoms with Gasteiger partial charge in [-0.1, -0.05) is 48.9 Å². The lowest BCUT2D eigenvalue weighted by Gasteiger charge is -2.31. The average Bonchev–Trinajstić information content (AvgIpc) is 3.95. The number of nitrogens with two attached hydrogens (primary N) is 8. The molecule has 1 aliphatic rings. The Morgan fingerprint density at radius 1 is 0.556 bits per heavy atom. The first kappa shape index (κ1) is 66.8. The highest BCUT2D eigenvalue weighted by Crippen LogP contribution is 2.21. The van der Waals surface area contributed by atoms with E-state index < -0.39 is 139 Å². The fourth-order valence-electron chi connectivity index (χ4n) is 8.70. The molecule has 3 rings (SSSR count). The van der Waals surface area contributed by atoms with Gasteiger partial charge in [0.15, 0.2) is 5.96 Å². The summed E-state index contributed by atoms with van der Waals surface area (Å²) in [6.07, 6.45) is 0.767. The molecular weight excluding hydrogens is 1050 g/mol. The average molecular weight is 1140 g/mol. The minimum absolute atomic E-state index is 0.0213. The molecule has 0 spiro atoms. The largest absolute Gasteiger partial charge is 0.508 e. The number of benzene rings is 2. The number of carbonyl (C=O) groups is 11. The zero-order valence-electron chi connectivity index (χ0n) is 45.4. The highest BCUT2D eigenvalue weighted by Gasteiger charge is 2.40. The number of hydrogen-bond acceptors (Lipinski definition) is 16. The van der Waals surface area contributed by atoms with E-state index in [0.717, 1.165) is 0 Å². The number of carbonyl (C=O) groups excluding carboxylic acids is 11. The number of nitrogens with zero attached hydrogens (tertiary/aromatic N) is 2. The van der Waals surface area contributed by atoms with Gasteiger partial charge in [0.1, 0.15) is 48.0 Å². The zero-order chi connectivity index (χ0) is 60.0. The number of primary amides is 3. The molecule has 446 valence electrons. The van der Waals surface area contributed by atoms with Gasteiger partial charge in [-0.3, -0.25) is 57.7 Å². The number of nitrogens with one attached hydrogen (secondary N) is 7. The number of aromatic hydroxyl groups is 1. The van der Waals surface area contributed by atoms with Crippen molar-refractivity contribution in [3.63, 3.8) is 0 Å². The minimum Gasteiger partial charge on any atom is -0.508 e. The lowest BCUT2D eigenvalue weighted by Crippen LogP contribution is -2.61. The van der Waals surface area contributed by atoms with Crippen LogP contribution in [0.1, 0.15) is 94.6 Å². The molecular formula is C52H81N17O12. The number of likely N-dealkylation sites (tertiary alicyclic amines) is 1. The molecule has 0 aromatic heterocycles. The fraction of sp³-hybridized carbons (Fsp3) is 0.538. The van der Waals surface area contributed by atoms with Crippen LogP contribution in [0.15, 0.2) is 59.6 Å². The van der Waals surface area contributed by atoms with Crippen LogP contribution in [0.4, 0.5) is 0 Å². The molecule has 1 heterocycles. The van der Waals surface area contributed by atoms with Gasteiger partial charge in [0.05, 0.1) is 19.0 Å². The maximum atomic E-state index is 14.5. The monoisotopic (exact) mass is 1140 g/mol. The lowest BCUT2D eigenvalue weighted by molar-refractivity contribution is -0.143. The second-order valence-electron chi connectivity index (χ2n) is 19.6. The predicted molar refractivity (Wildman–Crippen MR) is 296 cm³/mol. The lowest BCUT2D eigenvalue weighted by atomic mass is 10.0. The summed E-state index contributed by atoms with van der Waals surface area (Å²) in [4.78, 5) is 153. The van der Waals surface area contributed by atoms with E-state index in [1.807, 2.05) is 0 Å². The van der Waals surface area contributed by atoms with Crippen molar-refractivity contribution in [3.8, 4) is 5.75 Å². The molecule has 0 unspecified atom stereocenters. The maximum Gasteiger partial charge on any atom is 0.245 e. The summed E-state index contributed by atoms with van der Waals surface area (Å²) in [5.74, 6) is -9.85. The van der Waals surface area contributed by atoms with Gasteiger partial charge in [-0.25, -0.2) is 0 Å². The Hall–Kier alpha value is -8.44. The topological polar surface area (TPSA) is 516 Å². The Balaban J connectivity index is 1.93. The van der Waals surface area contributed by atoms with Crippen molar-refractivity contribution in [3.05, 3.63) is 65.7 Å². The first-order chi connectivity index (χ1) is 38.5. The number of aliphatic imine (C=N–C) groups is 1. The standard InChI is InChI=1S/C52H81N17O12/c53-22-6-4-12-33(55)44(74)66-37(27-31-16-18-32(70)19-17-31)48(78)67-38(26-30-10-2-1-3-11-30)47(77)63-35(20-21-41(56)71)46(76)68-39(28-42(57)72)49(79)65-36(13-5-7-23-54)51(81)69-25-9-15-40(69)50(80)64-34(14-8-24-61-52(59)60)45(75)62-29-43(58)73/h1-3,10-11,16-19,33-40,70H,4-9,12-15,20-29,53-55H2,(H2,56,71)(H2,57,72)(H2,58,73)(H,62,75)(H,63,77)(H,64,80)(H,65,79)(H,66,74)(H,67,78)(H,68,76)(H4,59,60,61)/t33-,34-,35-,36-,37-,38-,39-,40-/m0/s1. The summed E-state index contributed by atoms with van der Waals surface area (Å²) in [6, 6.07) is 3.31. The Morgan fingerprint density at radius 3 is 1.65 bits per heavy atom. The van der Waals surface area contributed by atoms with Crippen molar-refractivity contribution >= 4 is 70.9 Å². The van der Waals surface area contributed by atoms with Gasteiger partial charge in [-0.15, -0.1) is 0 Å². The first-order valence-electron chi connectivity index (χ1n) is 26.8. The van der Waals surface area contributed by atoms with Crippen molar-refractivity contribution in [2.75, 3.05) is 32.7 Å². The third-order valence-corrected chi connectivity index (χ3v) is 13.0. The molecule has 1 saturated heterocycles. The van der Waals surface area contributed by atoms with E-state index in [0.29, 0.717) is 43.4 Å². The van der Waals surface area contributed by atoms with Crippen LogP contribution in [-0.2, 0) is 65.6 Å². The Bertz CT molecular complexity index is 2480. The molecule has 29 nitrogen and oxygen atoms in total. The van der Waals surface area contributed by atoms with E-state index in [4.69, 9.17) is 45.9 Å². The van der Waals surface area contributed by atoms with Crippen LogP contribution >= 0.6 is 0 Å². The van der Waals surface area contributed by atoms with E-state index in [1.165, 1.54) is 29.2 Å². The van der Waals surface area contributed by atoms with Crippen LogP contribution in [0, 0.1) is 0 Å². The van der Waals surface area contributed by atoms with Crippen molar-refractivity contribution in [1.82, 2.24) is 42.1 Å². The number of guanidine groups is 1. The molecule has 0 radical (unpaired) electrons. The summed E-state index contributed by atoms with van der Waals surface area (Å²) in [5.41, 5.74) is 45.7. The van der Waals surface area contributed by atoms with Crippen molar-refractivity contribution < 1.29 is 57.8 Å².